The number of ether oxygens (including phenoxy) is 1. The molecule has 0 aliphatic heterocycles. The molecule has 0 radical (unpaired) electrons. The Hall–Kier alpha value is -4.77. The van der Waals surface area contributed by atoms with Crippen molar-refractivity contribution in [3.63, 3.8) is 0 Å². The molecule has 5 aromatic carbocycles. The number of benzene rings is 5. The van der Waals surface area contributed by atoms with Crippen LogP contribution in [0.2, 0.25) is 0 Å². The molecule has 0 spiro atoms. The first kappa shape index (κ1) is 24.8. The van der Waals surface area contributed by atoms with Crippen LogP contribution in [0.1, 0.15) is 0 Å². The van der Waals surface area contributed by atoms with E-state index in [-0.39, 0.29) is 21.1 Å². The first-order valence-electron chi connectivity index (χ1n) is 13.7. The van der Waals surface area contributed by atoms with Crippen molar-refractivity contribution < 1.29 is 25.8 Å². The molecule has 10 rings (SSSR count). The van der Waals surface area contributed by atoms with Crippen LogP contribution in [-0.4, -0.2) is 18.8 Å². The van der Waals surface area contributed by atoms with E-state index in [4.69, 9.17) is 9.72 Å². The van der Waals surface area contributed by atoms with Gasteiger partial charge in [0.05, 0.1) is 11.3 Å². The molecule has 0 N–H and O–H groups in total. The zero-order valence-corrected chi connectivity index (χ0v) is 25.4. The van der Waals surface area contributed by atoms with Crippen LogP contribution in [0.4, 0.5) is 0 Å². The van der Waals surface area contributed by atoms with Gasteiger partial charge in [-0.25, -0.2) is 0 Å². The summed E-state index contributed by atoms with van der Waals surface area (Å²) < 4.78 is 13.2. The van der Waals surface area contributed by atoms with Crippen LogP contribution in [0.5, 0.6) is 11.5 Å². The van der Waals surface area contributed by atoms with Crippen molar-refractivity contribution in [1.82, 2.24) is 18.8 Å². The van der Waals surface area contributed by atoms with Crippen LogP contribution in [0.3, 0.4) is 0 Å². The SMILES string of the molecule is [Pt+2].[c-]1c(Oc2[c-]c3c(cc2)c2cc4sc5ccccc5c4cc2n2ccnc32)ccc2c1c1nccn1c1ccccc21. The molecule has 5 heterocycles. The molecule has 0 atom stereocenters. The van der Waals surface area contributed by atoms with Gasteiger partial charge < -0.3 is 13.5 Å². The Labute approximate surface area is 262 Å². The Morgan fingerprint density at radius 1 is 0.558 bits per heavy atom. The van der Waals surface area contributed by atoms with Gasteiger partial charge in [0.15, 0.2) is 0 Å². The van der Waals surface area contributed by atoms with Crippen LogP contribution < -0.4 is 4.74 Å². The second kappa shape index (κ2) is 9.11. The molecule has 7 heteroatoms. The number of aromatic nitrogens is 4. The van der Waals surface area contributed by atoms with Gasteiger partial charge in [-0.1, -0.05) is 82.2 Å². The molecule has 0 saturated heterocycles. The van der Waals surface area contributed by atoms with E-state index < -0.39 is 0 Å². The summed E-state index contributed by atoms with van der Waals surface area (Å²) in [5.74, 6) is 1.23. The van der Waals surface area contributed by atoms with Crippen molar-refractivity contribution in [3.05, 3.63) is 122 Å². The summed E-state index contributed by atoms with van der Waals surface area (Å²) in [6.07, 6.45) is 7.69. The smallest absolute Gasteiger partial charge is 0.497 e. The topological polar surface area (TPSA) is 43.8 Å². The van der Waals surface area contributed by atoms with Gasteiger partial charge in [-0.15, -0.1) is 23.5 Å². The standard InChI is InChI=1S/C36H18N4OS.Pt/c1-3-7-31-25(5-1)23-11-9-21(17-29(23)35-37-13-15-39(31)35)41-22-10-12-24-27-20-34-28(26-6-2-4-8-33(26)42-34)19-32(27)40-16-14-38-36(40)30(24)18-22;/h1-16,19-20H;/q-2;+2. The summed E-state index contributed by atoms with van der Waals surface area (Å²) in [5.41, 5.74) is 3.96. The minimum Gasteiger partial charge on any atom is -0.497 e. The molecule has 0 fully saturated rings. The molecule has 0 amide bonds. The van der Waals surface area contributed by atoms with Gasteiger partial charge >= 0.3 is 21.1 Å². The van der Waals surface area contributed by atoms with E-state index >= 15 is 0 Å². The monoisotopic (exact) mass is 749 g/mol. The number of fused-ring (bicyclic) bond motifs is 15. The summed E-state index contributed by atoms with van der Waals surface area (Å²) >= 11 is 1.83. The summed E-state index contributed by atoms with van der Waals surface area (Å²) in [5, 5.41) is 8.92. The maximum absolute atomic E-state index is 6.40. The fourth-order valence-electron chi connectivity index (χ4n) is 6.44. The van der Waals surface area contributed by atoms with Gasteiger partial charge in [-0.2, -0.15) is 0 Å². The van der Waals surface area contributed by atoms with E-state index in [1.807, 2.05) is 48.3 Å². The number of pyridine rings is 2. The third kappa shape index (κ3) is 3.48. The van der Waals surface area contributed by atoms with E-state index in [2.05, 4.69) is 98.7 Å². The van der Waals surface area contributed by atoms with Crippen molar-refractivity contribution in [2.45, 2.75) is 0 Å². The molecule has 5 aromatic heterocycles. The minimum absolute atomic E-state index is 0. The van der Waals surface area contributed by atoms with E-state index in [0.717, 1.165) is 49.3 Å². The van der Waals surface area contributed by atoms with Crippen molar-refractivity contribution in [2.75, 3.05) is 0 Å². The van der Waals surface area contributed by atoms with E-state index in [0.29, 0.717) is 11.5 Å². The molecule has 10 aromatic rings. The number of rotatable bonds is 2. The maximum Gasteiger partial charge on any atom is 2.00 e. The first-order chi connectivity index (χ1) is 20.8. The third-order valence-corrected chi connectivity index (χ3v) is 9.42. The zero-order chi connectivity index (χ0) is 27.4. The van der Waals surface area contributed by atoms with Crippen LogP contribution in [0.15, 0.2) is 110 Å². The molecular weight excluding hydrogens is 732 g/mol. The summed E-state index contributed by atoms with van der Waals surface area (Å²) in [6.45, 7) is 0. The summed E-state index contributed by atoms with van der Waals surface area (Å²) in [4.78, 5) is 9.37. The Balaban J connectivity index is 0.00000260. The molecule has 5 nitrogen and oxygen atoms in total. The van der Waals surface area contributed by atoms with Crippen molar-refractivity contribution in [3.8, 4) is 11.5 Å². The number of thiophene rings is 1. The zero-order valence-electron chi connectivity index (χ0n) is 22.3. The Bertz CT molecular complexity index is 2740. The van der Waals surface area contributed by atoms with Crippen LogP contribution in [0.25, 0.3) is 74.8 Å². The number of para-hydroxylation sites is 1. The predicted octanol–water partition coefficient (Wildman–Crippen LogP) is 9.35. The van der Waals surface area contributed by atoms with Crippen LogP contribution >= 0.6 is 11.3 Å². The average molecular weight is 750 g/mol. The number of hydrogen-bond donors (Lipinski definition) is 0. The van der Waals surface area contributed by atoms with E-state index in [9.17, 15) is 0 Å². The Morgan fingerprint density at radius 3 is 1.93 bits per heavy atom. The first-order valence-corrected chi connectivity index (χ1v) is 14.6. The molecule has 204 valence electrons. The molecule has 0 aliphatic carbocycles. The largest absolute Gasteiger partial charge is 2.00 e. The fraction of sp³-hybridized carbons (Fsp3) is 0. The molecule has 0 saturated carbocycles. The Morgan fingerprint density at radius 2 is 1.19 bits per heavy atom. The maximum atomic E-state index is 6.40. The Kier molecular flexibility index (Phi) is 5.25. The second-order valence-corrected chi connectivity index (χ2v) is 11.6. The summed E-state index contributed by atoms with van der Waals surface area (Å²) in [7, 11) is 0. The minimum atomic E-state index is 0. The van der Waals surface area contributed by atoms with Gasteiger partial charge in [0.2, 0.25) is 0 Å². The molecular formula is C36H18N4OPtS. The number of imidazole rings is 2. The van der Waals surface area contributed by atoms with Crippen molar-refractivity contribution in [1.29, 1.82) is 0 Å². The van der Waals surface area contributed by atoms with Gasteiger partial charge in [-0.3, -0.25) is 9.97 Å². The van der Waals surface area contributed by atoms with Gasteiger partial charge in [-0.05, 0) is 35.0 Å². The quantitative estimate of drug-likeness (QED) is 0.131. The number of hydrogen-bond acceptors (Lipinski definition) is 4. The van der Waals surface area contributed by atoms with Gasteiger partial charge in [0.25, 0.3) is 0 Å². The van der Waals surface area contributed by atoms with Crippen LogP contribution in [-0.2, 0) is 21.1 Å². The average Bonchev–Trinajstić information content (AvgIpc) is 3.79. The van der Waals surface area contributed by atoms with Crippen molar-refractivity contribution >= 4 is 86.2 Å². The van der Waals surface area contributed by atoms with E-state index in [1.54, 1.807) is 0 Å². The fourth-order valence-corrected chi connectivity index (χ4v) is 7.57. The molecule has 43 heavy (non-hydrogen) atoms. The van der Waals surface area contributed by atoms with Crippen molar-refractivity contribution in [2.24, 2.45) is 0 Å². The molecule has 0 unspecified atom stereocenters. The van der Waals surface area contributed by atoms with Gasteiger partial charge in [0, 0.05) is 67.5 Å². The summed E-state index contributed by atoms with van der Waals surface area (Å²) in [6, 6.07) is 36.8. The molecule has 0 bridgehead atoms. The molecule has 0 aliphatic rings. The van der Waals surface area contributed by atoms with Crippen LogP contribution in [0, 0.1) is 12.1 Å². The van der Waals surface area contributed by atoms with Gasteiger partial charge in [0.1, 0.15) is 0 Å². The van der Waals surface area contributed by atoms with E-state index in [1.165, 1.54) is 25.6 Å². The normalized spacial score (nSPS) is 12.0. The second-order valence-electron chi connectivity index (χ2n) is 10.5. The third-order valence-electron chi connectivity index (χ3n) is 8.28. The number of nitrogens with zero attached hydrogens (tertiary/aromatic N) is 4. The predicted molar refractivity (Wildman–Crippen MR) is 171 cm³/mol.